The van der Waals surface area contributed by atoms with Crippen LogP contribution >= 0.6 is 0 Å². The molecule has 4 aromatic rings. The van der Waals surface area contributed by atoms with Gasteiger partial charge in [0.1, 0.15) is 23.6 Å². The summed E-state index contributed by atoms with van der Waals surface area (Å²) in [4.78, 5) is 25.3. The monoisotopic (exact) mass is 399 g/mol. The molecule has 0 saturated heterocycles. The maximum Gasteiger partial charge on any atom is 0.321 e. The van der Waals surface area contributed by atoms with Gasteiger partial charge in [0.05, 0.1) is 0 Å². The van der Waals surface area contributed by atoms with Crippen LogP contribution in [0.15, 0.2) is 67.3 Å². The minimum atomic E-state index is -0.303. The first-order chi connectivity index (χ1) is 14.8. The highest BCUT2D eigenvalue weighted by Gasteiger charge is 2.27. The van der Waals surface area contributed by atoms with Gasteiger partial charge >= 0.3 is 6.01 Å². The van der Waals surface area contributed by atoms with Crippen LogP contribution in [0.5, 0.6) is 11.8 Å². The van der Waals surface area contributed by atoms with Crippen molar-refractivity contribution in [3.05, 3.63) is 72.8 Å². The van der Waals surface area contributed by atoms with Crippen molar-refractivity contribution in [2.24, 2.45) is 0 Å². The van der Waals surface area contributed by atoms with Gasteiger partial charge in [0.2, 0.25) is 0 Å². The summed E-state index contributed by atoms with van der Waals surface area (Å²) < 4.78 is 7.62. The van der Waals surface area contributed by atoms with E-state index >= 15 is 0 Å². The number of nitrogens with zero attached hydrogens (tertiary/aromatic N) is 6. The van der Waals surface area contributed by atoms with Gasteiger partial charge in [-0.05, 0) is 49.2 Å². The highest BCUT2D eigenvalue weighted by molar-refractivity contribution is 6.04. The van der Waals surface area contributed by atoms with Gasteiger partial charge in [-0.15, -0.1) is 10.2 Å². The van der Waals surface area contributed by atoms with Crippen LogP contribution in [-0.2, 0) is 0 Å². The molecule has 1 N–H and O–H groups in total. The molecule has 0 bridgehead atoms. The van der Waals surface area contributed by atoms with Crippen LogP contribution in [-0.4, -0.2) is 35.6 Å². The van der Waals surface area contributed by atoms with Gasteiger partial charge in [-0.25, -0.2) is 15.0 Å². The van der Waals surface area contributed by atoms with E-state index in [4.69, 9.17) is 4.74 Å². The topological polar surface area (TPSA) is 108 Å². The lowest BCUT2D eigenvalue weighted by Gasteiger charge is -2.09. The molecule has 1 aromatic carbocycles. The predicted octanol–water partition coefficient (Wildman–Crippen LogP) is 3.51. The second-order valence-electron chi connectivity index (χ2n) is 6.82. The summed E-state index contributed by atoms with van der Waals surface area (Å²) >= 11 is 0. The number of carbonyl (C=O) groups is 1. The molecule has 3 heterocycles. The molecule has 0 aliphatic heterocycles. The van der Waals surface area contributed by atoms with Gasteiger partial charge in [0.25, 0.3) is 5.91 Å². The van der Waals surface area contributed by atoms with Gasteiger partial charge < -0.3 is 14.6 Å². The summed E-state index contributed by atoms with van der Waals surface area (Å²) in [5.74, 6) is 1.29. The molecule has 1 amide bonds. The van der Waals surface area contributed by atoms with Crippen molar-refractivity contribution in [2.75, 3.05) is 5.32 Å². The maximum absolute atomic E-state index is 12.7. The first kappa shape index (κ1) is 17.9. The summed E-state index contributed by atoms with van der Waals surface area (Å²) in [7, 11) is 0. The Morgan fingerprint density at radius 1 is 1.07 bits per heavy atom. The first-order valence-corrected chi connectivity index (χ1v) is 9.49. The Bertz CT molecular complexity index is 1190. The summed E-state index contributed by atoms with van der Waals surface area (Å²) in [5.41, 5.74) is 1.09. The molecule has 1 fully saturated rings. The average Bonchev–Trinajstić information content (AvgIpc) is 3.51. The lowest BCUT2D eigenvalue weighted by molar-refractivity contribution is 0.102. The first-order valence-electron chi connectivity index (χ1n) is 9.49. The molecule has 9 nitrogen and oxygen atoms in total. The van der Waals surface area contributed by atoms with Crippen molar-refractivity contribution >= 4 is 11.7 Å². The largest absolute Gasteiger partial charge is 0.424 e. The second kappa shape index (κ2) is 7.70. The molecule has 0 radical (unpaired) electrons. The van der Waals surface area contributed by atoms with E-state index in [1.54, 1.807) is 55.1 Å². The highest BCUT2D eigenvalue weighted by atomic mass is 16.5. The average molecular weight is 399 g/mol. The number of amides is 1. The molecule has 30 heavy (non-hydrogen) atoms. The smallest absolute Gasteiger partial charge is 0.321 e. The van der Waals surface area contributed by atoms with Crippen molar-refractivity contribution in [2.45, 2.75) is 18.9 Å². The van der Waals surface area contributed by atoms with E-state index in [-0.39, 0.29) is 11.9 Å². The quantitative estimate of drug-likeness (QED) is 0.528. The zero-order valence-electron chi connectivity index (χ0n) is 15.8. The Balaban J connectivity index is 1.33. The summed E-state index contributed by atoms with van der Waals surface area (Å²) in [5, 5.41) is 11.0. The Hall–Kier alpha value is -4.14. The van der Waals surface area contributed by atoms with E-state index in [2.05, 4.69) is 30.5 Å². The van der Waals surface area contributed by atoms with Gasteiger partial charge in [0, 0.05) is 24.0 Å². The van der Waals surface area contributed by atoms with Crippen LogP contribution in [0, 0.1) is 0 Å². The van der Waals surface area contributed by atoms with Gasteiger partial charge in [-0.2, -0.15) is 0 Å². The third-order valence-corrected chi connectivity index (χ3v) is 4.58. The van der Waals surface area contributed by atoms with Crippen molar-refractivity contribution in [1.82, 2.24) is 29.7 Å². The lowest BCUT2D eigenvalue weighted by Crippen LogP contribution is -2.13. The van der Waals surface area contributed by atoms with E-state index in [1.807, 2.05) is 16.7 Å². The summed E-state index contributed by atoms with van der Waals surface area (Å²) in [6, 6.07) is 14.5. The number of rotatable bonds is 6. The number of nitrogens with one attached hydrogen (secondary N) is 1. The molecule has 148 valence electrons. The summed E-state index contributed by atoms with van der Waals surface area (Å²) in [6.45, 7) is 0. The van der Waals surface area contributed by atoms with E-state index in [9.17, 15) is 4.79 Å². The Labute approximate surface area is 171 Å². The van der Waals surface area contributed by atoms with Crippen molar-refractivity contribution in [3.8, 4) is 23.3 Å². The fourth-order valence-electron chi connectivity index (χ4n) is 3.01. The van der Waals surface area contributed by atoms with Crippen LogP contribution in [0.3, 0.4) is 0 Å². The van der Waals surface area contributed by atoms with E-state index < -0.39 is 0 Å². The number of ether oxygens (including phenoxy) is 1. The zero-order chi connectivity index (χ0) is 20.3. The summed E-state index contributed by atoms with van der Waals surface area (Å²) in [6.07, 6.45) is 7.13. The number of hydrogen-bond acceptors (Lipinski definition) is 7. The van der Waals surface area contributed by atoms with Crippen LogP contribution in [0.2, 0.25) is 0 Å². The molecule has 1 saturated carbocycles. The fourth-order valence-corrected chi connectivity index (χ4v) is 3.01. The lowest BCUT2D eigenvalue weighted by atomic mass is 10.2. The molecular weight excluding hydrogens is 382 g/mol. The third kappa shape index (κ3) is 3.86. The van der Waals surface area contributed by atoms with Gasteiger partial charge in [0.15, 0.2) is 5.82 Å². The van der Waals surface area contributed by atoms with Crippen molar-refractivity contribution in [1.29, 1.82) is 0 Å². The number of hydrogen-bond donors (Lipinski definition) is 1. The Kier molecular flexibility index (Phi) is 4.60. The molecule has 5 rings (SSSR count). The van der Waals surface area contributed by atoms with E-state index in [0.29, 0.717) is 34.7 Å². The standard InChI is InChI=1S/C21H17N7O2/c29-20(14-4-1-5-16(12-14)30-21-22-10-3-11-23-21)26-18-7-2-6-17(25-18)19-27-24-13-28(19)15-8-9-15/h1-7,10-13,15H,8-9H2,(H,25,26,29). The van der Waals surface area contributed by atoms with Crippen LogP contribution in [0.4, 0.5) is 5.82 Å². The number of aromatic nitrogens is 6. The number of benzene rings is 1. The third-order valence-electron chi connectivity index (χ3n) is 4.58. The molecule has 3 aromatic heterocycles. The van der Waals surface area contributed by atoms with Gasteiger partial charge in [-0.1, -0.05) is 12.1 Å². The number of carbonyl (C=O) groups excluding carboxylic acids is 1. The van der Waals surface area contributed by atoms with Crippen LogP contribution in [0.25, 0.3) is 11.5 Å². The molecule has 0 spiro atoms. The number of pyridine rings is 1. The van der Waals surface area contributed by atoms with Crippen molar-refractivity contribution in [3.63, 3.8) is 0 Å². The molecule has 1 aliphatic carbocycles. The van der Waals surface area contributed by atoms with Gasteiger partial charge in [-0.3, -0.25) is 4.79 Å². The minimum Gasteiger partial charge on any atom is -0.424 e. The van der Waals surface area contributed by atoms with Crippen LogP contribution < -0.4 is 10.1 Å². The normalized spacial score (nSPS) is 13.1. The maximum atomic E-state index is 12.7. The molecule has 0 unspecified atom stereocenters. The molecule has 0 atom stereocenters. The zero-order valence-corrected chi connectivity index (χ0v) is 15.8. The molecular formula is C21H17N7O2. The number of anilines is 1. The second-order valence-corrected chi connectivity index (χ2v) is 6.82. The van der Waals surface area contributed by atoms with Crippen LogP contribution in [0.1, 0.15) is 29.2 Å². The minimum absolute atomic E-state index is 0.212. The highest BCUT2D eigenvalue weighted by Crippen LogP contribution is 2.37. The SMILES string of the molecule is O=C(Nc1cccc(-c2nncn2C2CC2)n1)c1cccc(Oc2ncccn2)c1. The molecule has 9 heteroatoms. The van der Waals surface area contributed by atoms with E-state index in [0.717, 1.165) is 12.8 Å². The molecule has 1 aliphatic rings. The predicted molar refractivity (Wildman–Crippen MR) is 108 cm³/mol. The van der Waals surface area contributed by atoms with E-state index in [1.165, 1.54) is 0 Å². The Morgan fingerprint density at radius 3 is 2.73 bits per heavy atom. The Morgan fingerprint density at radius 2 is 1.90 bits per heavy atom. The fraction of sp³-hybridized carbons (Fsp3) is 0.143. The van der Waals surface area contributed by atoms with Crippen molar-refractivity contribution < 1.29 is 9.53 Å².